The summed E-state index contributed by atoms with van der Waals surface area (Å²) in [5.74, 6) is 0.0998. The van der Waals surface area contributed by atoms with Crippen LogP contribution in [0.3, 0.4) is 0 Å². The number of nitrogens with zero attached hydrogens (tertiary/aromatic N) is 1. The van der Waals surface area contributed by atoms with Crippen molar-refractivity contribution in [1.82, 2.24) is 0 Å². The number of ether oxygens (including phenoxy) is 2. The van der Waals surface area contributed by atoms with Gasteiger partial charge in [0.05, 0.1) is 36.2 Å². The zero-order valence-electron chi connectivity index (χ0n) is 19.5. The predicted octanol–water partition coefficient (Wildman–Crippen LogP) is 5.54. The summed E-state index contributed by atoms with van der Waals surface area (Å²) in [6, 6.07) is 12.4. The van der Waals surface area contributed by atoms with E-state index in [1.54, 1.807) is 42.5 Å². The molecule has 1 N–H and O–H groups in total. The van der Waals surface area contributed by atoms with Crippen LogP contribution in [0.5, 0.6) is 17.2 Å². The minimum Gasteiger partial charge on any atom is -0.504 e. The van der Waals surface area contributed by atoms with Crippen LogP contribution in [0.1, 0.15) is 38.9 Å². The van der Waals surface area contributed by atoms with Crippen LogP contribution in [0.4, 0.5) is 5.69 Å². The van der Waals surface area contributed by atoms with Gasteiger partial charge in [-0.1, -0.05) is 17.7 Å². The van der Waals surface area contributed by atoms with Crippen LogP contribution in [0.15, 0.2) is 57.7 Å². The molecule has 2 heterocycles. The molecular weight excluding hydrogens is 470 g/mol. The van der Waals surface area contributed by atoms with Gasteiger partial charge in [-0.15, -0.1) is 0 Å². The lowest BCUT2D eigenvalue weighted by Gasteiger charge is -2.26. The molecule has 3 aromatic carbocycles. The first-order valence-electron chi connectivity index (χ1n) is 10.9. The Morgan fingerprint density at radius 1 is 0.943 bits per heavy atom. The second-order valence-corrected chi connectivity index (χ2v) is 8.84. The van der Waals surface area contributed by atoms with E-state index in [-0.39, 0.29) is 28.3 Å². The van der Waals surface area contributed by atoms with E-state index in [4.69, 9.17) is 25.5 Å². The molecule has 1 aliphatic heterocycles. The quantitative estimate of drug-likeness (QED) is 0.403. The maximum Gasteiger partial charge on any atom is 0.295 e. The molecule has 0 spiro atoms. The lowest BCUT2D eigenvalue weighted by Crippen LogP contribution is -2.29. The number of hydrogen-bond acceptors (Lipinski definition) is 6. The Hall–Kier alpha value is -3.97. The summed E-state index contributed by atoms with van der Waals surface area (Å²) in [5.41, 5.74) is 3.18. The van der Waals surface area contributed by atoms with Crippen molar-refractivity contribution in [2.75, 3.05) is 19.1 Å². The molecule has 1 amide bonds. The molecule has 0 bridgehead atoms. The Morgan fingerprint density at radius 2 is 1.66 bits per heavy atom. The molecule has 8 heteroatoms. The molecular formula is C27H22ClNO6. The SMILES string of the molecule is COc1cc(C2c3c(oc4cc(C)c(C)cc4c3=O)C(=O)N2c2ccc(OC)c(Cl)c2)ccc1O. The van der Waals surface area contributed by atoms with Gasteiger partial charge in [0.2, 0.25) is 5.76 Å². The first kappa shape index (κ1) is 22.8. The molecule has 7 nitrogen and oxygen atoms in total. The van der Waals surface area contributed by atoms with Gasteiger partial charge in [0.25, 0.3) is 5.91 Å². The first-order valence-corrected chi connectivity index (χ1v) is 11.2. The maximum atomic E-state index is 13.8. The molecule has 178 valence electrons. The highest BCUT2D eigenvalue weighted by molar-refractivity contribution is 6.32. The van der Waals surface area contributed by atoms with Gasteiger partial charge in [-0.25, -0.2) is 0 Å². The number of anilines is 1. The Kier molecular flexibility index (Phi) is 5.44. The number of phenols is 1. The van der Waals surface area contributed by atoms with Crippen LogP contribution in [0.25, 0.3) is 11.0 Å². The van der Waals surface area contributed by atoms with E-state index in [0.29, 0.717) is 33.0 Å². The molecule has 1 unspecified atom stereocenters. The van der Waals surface area contributed by atoms with Crippen molar-refractivity contribution in [2.24, 2.45) is 0 Å². The average molecular weight is 492 g/mol. The van der Waals surface area contributed by atoms with Crippen LogP contribution in [0.2, 0.25) is 5.02 Å². The lowest BCUT2D eigenvalue weighted by molar-refractivity contribution is 0.0971. The van der Waals surface area contributed by atoms with E-state index in [9.17, 15) is 14.7 Å². The average Bonchev–Trinajstić information content (AvgIpc) is 3.13. The number of amides is 1. The van der Waals surface area contributed by atoms with Gasteiger partial charge in [-0.05, 0) is 73.0 Å². The number of methoxy groups -OCH3 is 2. The first-order chi connectivity index (χ1) is 16.7. The van der Waals surface area contributed by atoms with E-state index in [1.807, 2.05) is 13.8 Å². The monoisotopic (exact) mass is 491 g/mol. The number of benzene rings is 3. The van der Waals surface area contributed by atoms with Crippen molar-refractivity contribution in [3.05, 3.63) is 91.8 Å². The summed E-state index contributed by atoms with van der Waals surface area (Å²) in [6.45, 7) is 3.83. The van der Waals surface area contributed by atoms with E-state index in [0.717, 1.165) is 11.1 Å². The summed E-state index contributed by atoms with van der Waals surface area (Å²) in [5, 5.41) is 10.8. The smallest absolute Gasteiger partial charge is 0.295 e. The van der Waals surface area contributed by atoms with Crippen molar-refractivity contribution < 1.29 is 23.8 Å². The normalized spacial score (nSPS) is 14.9. The van der Waals surface area contributed by atoms with Crippen molar-refractivity contribution in [1.29, 1.82) is 0 Å². The number of rotatable bonds is 4. The second kappa shape index (κ2) is 8.36. The van der Waals surface area contributed by atoms with E-state index < -0.39 is 11.9 Å². The highest BCUT2D eigenvalue weighted by Crippen LogP contribution is 2.44. The van der Waals surface area contributed by atoms with Gasteiger partial charge in [-0.3, -0.25) is 14.5 Å². The van der Waals surface area contributed by atoms with Crippen LogP contribution in [0, 0.1) is 13.8 Å². The highest BCUT2D eigenvalue weighted by atomic mass is 35.5. The van der Waals surface area contributed by atoms with Gasteiger partial charge in [0.1, 0.15) is 11.3 Å². The number of carbonyl (C=O) groups excluding carboxylic acids is 1. The summed E-state index contributed by atoms with van der Waals surface area (Å²) in [6.07, 6.45) is 0. The molecule has 0 radical (unpaired) electrons. The van der Waals surface area contributed by atoms with Gasteiger partial charge < -0.3 is 19.0 Å². The summed E-state index contributed by atoms with van der Waals surface area (Å²) >= 11 is 6.38. The number of aromatic hydroxyl groups is 1. The van der Waals surface area contributed by atoms with E-state index in [1.165, 1.54) is 25.2 Å². The summed E-state index contributed by atoms with van der Waals surface area (Å²) < 4.78 is 16.6. The van der Waals surface area contributed by atoms with Crippen LogP contribution in [-0.2, 0) is 0 Å². The number of fused-ring (bicyclic) bond motifs is 2. The van der Waals surface area contributed by atoms with Gasteiger partial charge in [0, 0.05) is 5.69 Å². The molecule has 0 saturated heterocycles. The van der Waals surface area contributed by atoms with Crippen molar-refractivity contribution in [3.8, 4) is 17.2 Å². The van der Waals surface area contributed by atoms with Crippen LogP contribution < -0.4 is 19.8 Å². The summed E-state index contributed by atoms with van der Waals surface area (Å²) in [4.78, 5) is 29.0. The Bertz CT molecular complexity index is 1570. The van der Waals surface area contributed by atoms with Gasteiger partial charge >= 0.3 is 0 Å². The molecule has 1 aromatic heterocycles. The number of hydrogen-bond donors (Lipinski definition) is 1. The Morgan fingerprint density at radius 3 is 2.34 bits per heavy atom. The fourth-order valence-corrected chi connectivity index (χ4v) is 4.73. The van der Waals surface area contributed by atoms with Crippen LogP contribution >= 0.6 is 11.6 Å². The fraction of sp³-hybridized carbons (Fsp3) is 0.185. The molecule has 1 aliphatic rings. The van der Waals surface area contributed by atoms with Crippen molar-refractivity contribution in [3.63, 3.8) is 0 Å². The largest absolute Gasteiger partial charge is 0.504 e. The summed E-state index contributed by atoms with van der Waals surface area (Å²) in [7, 11) is 2.93. The molecule has 0 saturated carbocycles. The van der Waals surface area contributed by atoms with Crippen molar-refractivity contribution in [2.45, 2.75) is 19.9 Å². The number of phenolic OH excluding ortho intramolecular Hbond substituents is 1. The Balaban J connectivity index is 1.82. The van der Waals surface area contributed by atoms with Crippen molar-refractivity contribution >= 4 is 34.2 Å². The second-order valence-electron chi connectivity index (χ2n) is 8.43. The molecule has 0 aliphatic carbocycles. The Labute approximate surface area is 206 Å². The zero-order chi connectivity index (χ0) is 25.0. The van der Waals surface area contributed by atoms with E-state index in [2.05, 4.69) is 0 Å². The minimum atomic E-state index is -0.835. The fourth-order valence-electron chi connectivity index (χ4n) is 4.48. The third-order valence-corrected chi connectivity index (χ3v) is 6.71. The molecule has 5 rings (SSSR count). The molecule has 1 atom stereocenters. The van der Waals surface area contributed by atoms with Gasteiger partial charge in [0.15, 0.2) is 16.9 Å². The third kappa shape index (κ3) is 3.51. The minimum absolute atomic E-state index is 0.0327. The number of carbonyl (C=O) groups is 1. The third-order valence-electron chi connectivity index (χ3n) is 6.42. The highest BCUT2D eigenvalue weighted by Gasteiger charge is 2.44. The maximum absolute atomic E-state index is 13.8. The number of aryl methyl sites for hydroxylation is 2. The molecule has 35 heavy (non-hydrogen) atoms. The predicted molar refractivity (Wildman–Crippen MR) is 133 cm³/mol. The standard InChI is InChI=1S/C27H22ClNO6/c1-13-9-17-21(10-14(13)2)35-26-23(25(17)31)24(15-5-7-19(30)22(11-15)34-4)29(27(26)32)16-6-8-20(33-3)18(28)12-16/h5-12,24,30H,1-4H3. The van der Waals surface area contributed by atoms with Crippen LogP contribution in [-0.4, -0.2) is 25.2 Å². The zero-order valence-corrected chi connectivity index (χ0v) is 20.3. The van der Waals surface area contributed by atoms with Gasteiger partial charge in [-0.2, -0.15) is 0 Å². The topological polar surface area (TPSA) is 89.2 Å². The lowest BCUT2D eigenvalue weighted by atomic mass is 9.97. The molecule has 0 fully saturated rings. The number of halogens is 1. The van der Waals surface area contributed by atoms with E-state index >= 15 is 0 Å². The molecule has 4 aromatic rings.